The number of benzene rings is 2. The Morgan fingerprint density at radius 2 is 1.86 bits per heavy atom. The van der Waals surface area contributed by atoms with Crippen LogP contribution in [0.1, 0.15) is 64.5 Å². The fourth-order valence-corrected chi connectivity index (χ4v) is 7.66. The summed E-state index contributed by atoms with van der Waals surface area (Å²) in [6.45, 7) is 5.69. The Kier molecular flexibility index (Phi) is 7.23. The lowest BCUT2D eigenvalue weighted by molar-refractivity contribution is -0.139. The molecular weight excluding hydrogens is 608 g/mol. The fraction of sp³-hybridized carbons (Fsp3) is 0.321. The molecule has 0 bridgehead atoms. The lowest BCUT2D eigenvalue weighted by atomic mass is 9.62. The minimum Gasteiger partial charge on any atom is -0.480 e. The predicted octanol–water partition coefficient (Wildman–Crippen LogP) is 4.54. The van der Waals surface area contributed by atoms with Crippen molar-refractivity contribution in [2.75, 3.05) is 10.2 Å². The first-order chi connectivity index (χ1) is 19.6. The van der Waals surface area contributed by atoms with Crippen LogP contribution in [-0.2, 0) is 15.0 Å². The monoisotopic (exact) mass is 633 g/mol. The standard InChI is InChI=1S/C28H26Cl2FN5O5S/c1-27(2,3)10-16-28(13-8-7-11(29)9-15(13)34-26(28)41)17(12-5-4-6-14(30)18(12)31)20(25(39)40)36(16)24-19(21(32)37)35-23(42-24)22(33)38/h4-9,16-17,20H,10H2,1-3H3,(H2,32,37)(H2,33,38)(H,34,41)(H,39,40)/t16-,17-,20+,28?/m0/s1. The number of aromatic nitrogens is 1. The zero-order chi connectivity index (χ0) is 30.9. The Morgan fingerprint density at radius 1 is 1.17 bits per heavy atom. The number of hydrogen-bond donors (Lipinski definition) is 4. The SMILES string of the molecule is CC(C)(C)C[C@@H]1N(c2sc(C(N)=O)nc2C(N)=O)[C@@H](C(=O)O)[C@H](c2cccc(Cl)c2F)C12C(=O)Nc1cc(Cl)ccc12. The zero-order valence-corrected chi connectivity index (χ0v) is 24.9. The van der Waals surface area contributed by atoms with Gasteiger partial charge in [-0.1, -0.05) is 73.5 Å². The summed E-state index contributed by atoms with van der Waals surface area (Å²) in [4.78, 5) is 57.9. The van der Waals surface area contributed by atoms with Crippen LogP contribution < -0.4 is 21.7 Å². The first-order valence-corrected chi connectivity index (χ1v) is 14.3. The van der Waals surface area contributed by atoms with Crippen LogP contribution in [0.25, 0.3) is 0 Å². The van der Waals surface area contributed by atoms with E-state index in [1.807, 2.05) is 20.8 Å². The molecule has 2 aliphatic heterocycles. The normalized spacial score (nSPS) is 23.2. The number of carboxylic acids is 1. The molecule has 1 spiro atoms. The van der Waals surface area contributed by atoms with Gasteiger partial charge in [0.1, 0.15) is 22.3 Å². The highest BCUT2D eigenvalue weighted by atomic mass is 35.5. The zero-order valence-electron chi connectivity index (χ0n) is 22.6. The van der Waals surface area contributed by atoms with Gasteiger partial charge in [-0.15, -0.1) is 0 Å². The number of anilines is 2. The van der Waals surface area contributed by atoms with Crippen molar-refractivity contribution in [2.24, 2.45) is 16.9 Å². The Balaban J connectivity index is 1.96. The van der Waals surface area contributed by atoms with E-state index < -0.39 is 64.0 Å². The van der Waals surface area contributed by atoms with Gasteiger partial charge in [-0.2, -0.15) is 0 Å². The van der Waals surface area contributed by atoms with Crippen molar-refractivity contribution in [1.29, 1.82) is 0 Å². The highest BCUT2D eigenvalue weighted by Gasteiger charge is 2.70. The molecule has 0 radical (unpaired) electrons. The van der Waals surface area contributed by atoms with Gasteiger partial charge in [0.15, 0.2) is 10.7 Å². The van der Waals surface area contributed by atoms with Crippen LogP contribution in [0.4, 0.5) is 15.1 Å². The van der Waals surface area contributed by atoms with E-state index in [0.717, 1.165) is 0 Å². The van der Waals surface area contributed by atoms with Gasteiger partial charge in [-0.25, -0.2) is 14.2 Å². The van der Waals surface area contributed by atoms with Crippen LogP contribution >= 0.6 is 34.5 Å². The molecule has 1 unspecified atom stereocenters. The lowest BCUT2D eigenvalue weighted by Crippen LogP contribution is -2.51. The third-order valence-corrected chi connectivity index (χ3v) is 9.29. The molecule has 1 aromatic heterocycles. The van der Waals surface area contributed by atoms with Crippen molar-refractivity contribution in [3.05, 3.63) is 74.1 Å². The molecule has 0 saturated carbocycles. The van der Waals surface area contributed by atoms with E-state index in [0.29, 0.717) is 27.6 Å². The molecule has 0 aliphatic carbocycles. The van der Waals surface area contributed by atoms with Crippen LogP contribution in [0.15, 0.2) is 36.4 Å². The number of halogens is 3. The van der Waals surface area contributed by atoms with Crippen LogP contribution in [0.3, 0.4) is 0 Å². The van der Waals surface area contributed by atoms with Gasteiger partial charge in [0.2, 0.25) is 5.91 Å². The van der Waals surface area contributed by atoms with Crippen LogP contribution in [0.2, 0.25) is 10.0 Å². The third kappa shape index (κ3) is 4.48. The molecule has 1 fully saturated rings. The molecule has 2 aliphatic rings. The largest absolute Gasteiger partial charge is 0.480 e. The molecule has 220 valence electrons. The van der Waals surface area contributed by atoms with Gasteiger partial charge in [0.25, 0.3) is 11.8 Å². The molecule has 5 rings (SSSR count). The number of nitrogens with one attached hydrogen (secondary N) is 1. The number of thiazole rings is 1. The number of carbonyl (C=O) groups is 4. The summed E-state index contributed by atoms with van der Waals surface area (Å²) >= 11 is 13.1. The molecular formula is C28H26Cl2FN5O5S. The molecule has 3 aromatic rings. The molecule has 2 aromatic carbocycles. The summed E-state index contributed by atoms with van der Waals surface area (Å²) in [5, 5.41) is 13.4. The van der Waals surface area contributed by atoms with Crippen molar-refractivity contribution in [3.63, 3.8) is 0 Å². The highest BCUT2D eigenvalue weighted by molar-refractivity contribution is 7.18. The second-order valence-electron chi connectivity index (χ2n) is 11.5. The number of aliphatic carboxylic acids is 1. The summed E-state index contributed by atoms with van der Waals surface area (Å²) in [5.74, 6) is -6.29. The van der Waals surface area contributed by atoms with E-state index in [-0.39, 0.29) is 27.0 Å². The van der Waals surface area contributed by atoms with Gasteiger partial charge in [0.05, 0.1) is 11.1 Å². The number of nitrogens with zero attached hydrogens (tertiary/aromatic N) is 2. The molecule has 3 heterocycles. The van der Waals surface area contributed by atoms with Gasteiger partial charge in [-0.05, 0) is 41.2 Å². The number of primary amides is 2. The second kappa shape index (κ2) is 10.2. The molecule has 4 atom stereocenters. The van der Waals surface area contributed by atoms with Gasteiger partial charge < -0.3 is 26.8 Å². The van der Waals surface area contributed by atoms with Gasteiger partial charge >= 0.3 is 5.97 Å². The van der Waals surface area contributed by atoms with E-state index in [2.05, 4.69) is 10.3 Å². The minimum atomic E-state index is -1.74. The summed E-state index contributed by atoms with van der Waals surface area (Å²) in [6, 6.07) is 6.20. The Labute approximate surface area is 253 Å². The van der Waals surface area contributed by atoms with Crippen molar-refractivity contribution in [2.45, 2.75) is 50.6 Å². The summed E-state index contributed by atoms with van der Waals surface area (Å²) in [6.07, 6.45) is 0.174. The maximum Gasteiger partial charge on any atom is 0.327 e. The van der Waals surface area contributed by atoms with E-state index in [9.17, 15) is 24.3 Å². The first-order valence-electron chi connectivity index (χ1n) is 12.8. The number of hydrogen-bond acceptors (Lipinski definition) is 7. The fourth-order valence-electron chi connectivity index (χ4n) is 6.30. The predicted molar refractivity (Wildman–Crippen MR) is 157 cm³/mol. The molecule has 6 N–H and O–H groups in total. The van der Waals surface area contributed by atoms with Crippen LogP contribution in [0.5, 0.6) is 0 Å². The first kappa shape index (κ1) is 29.7. The number of fused-ring (bicyclic) bond motifs is 2. The summed E-state index contributed by atoms with van der Waals surface area (Å²) in [5.41, 5.74) is 9.07. The summed E-state index contributed by atoms with van der Waals surface area (Å²) < 4.78 is 16.0. The maximum atomic E-state index is 16.0. The van der Waals surface area contributed by atoms with Crippen molar-refractivity contribution in [3.8, 4) is 0 Å². The Hall–Kier alpha value is -3.74. The number of amides is 3. The second-order valence-corrected chi connectivity index (χ2v) is 13.3. The number of nitrogens with two attached hydrogens (primary N) is 2. The van der Waals surface area contributed by atoms with Crippen molar-refractivity contribution in [1.82, 2.24) is 4.98 Å². The van der Waals surface area contributed by atoms with E-state index in [4.69, 9.17) is 34.7 Å². The van der Waals surface area contributed by atoms with Crippen LogP contribution in [0, 0.1) is 11.2 Å². The van der Waals surface area contributed by atoms with Crippen LogP contribution in [-0.4, -0.2) is 45.9 Å². The van der Waals surface area contributed by atoms with E-state index in [1.54, 1.807) is 12.1 Å². The van der Waals surface area contributed by atoms with Gasteiger partial charge in [0, 0.05) is 16.6 Å². The Morgan fingerprint density at radius 3 is 2.45 bits per heavy atom. The number of carboxylic acid groups (broad SMARTS) is 1. The number of carbonyl (C=O) groups excluding carboxylic acids is 3. The average Bonchev–Trinajstić information content (AvgIpc) is 3.52. The topological polar surface area (TPSA) is 169 Å². The van der Waals surface area contributed by atoms with Crippen molar-refractivity contribution < 1.29 is 28.7 Å². The molecule has 42 heavy (non-hydrogen) atoms. The van der Waals surface area contributed by atoms with Crippen molar-refractivity contribution >= 4 is 68.9 Å². The lowest BCUT2D eigenvalue weighted by Gasteiger charge is -2.39. The maximum absolute atomic E-state index is 16.0. The third-order valence-electron chi connectivity index (χ3n) is 7.68. The van der Waals surface area contributed by atoms with Gasteiger partial charge in [-0.3, -0.25) is 14.4 Å². The molecule has 3 amide bonds. The summed E-state index contributed by atoms with van der Waals surface area (Å²) in [7, 11) is 0. The highest BCUT2D eigenvalue weighted by Crippen LogP contribution is 2.61. The quantitative estimate of drug-likeness (QED) is 0.309. The average molecular weight is 635 g/mol. The smallest absolute Gasteiger partial charge is 0.327 e. The molecule has 10 nitrogen and oxygen atoms in total. The number of rotatable bonds is 6. The molecule has 14 heteroatoms. The van der Waals surface area contributed by atoms with E-state index in [1.165, 1.54) is 29.2 Å². The molecule has 1 saturated heterocycles. The van der Waals surface area contributed by atoms with E-state index >= 15 is 4.39 Å². The minimum absolute atomic E-state index is 0.0718. The Bertz CT molecular complexity index is 1670.